The molecule has 0 amide bonds. The van der Waals surface area contributed by atoms with Gasteiger partial charge >= 0.3 is 0 Å². The first-order valence-corrected chi connectivity index (χ1v) is 5.32. The standard InChI is InChI=1S/C11H12Cl2O/c1-3-9(12)11(14)8-5-4-7(2)10(13)6-8/h4-6,9H,3H2,1-2H3. The zero-order valence-electron chi connectivity index (χ0n) is 8.18. The third kappa shape index (κ3) is 2.49. The van der Waals surface area contributed by atoms with E-state index < -0.39 is 5.38 Å². The molecule has 0 spiro atoms. The van der Waals surface area contributed by atoms with Crippen molar-refractivity contribution in [1.29, 1.82) is 0 Å². The van der Waals surface area contributed by atoms with Crippen LogP contribution in [0.15, 0.2) is 18.2 Å². The zero-order chi connectivity index (χ0) is 10.7. The van der Waals surface area contributed by atoms with Crippen molar-refractivity contribution < 1.29 is 4.79 Å². The van der Waals surface area contributed by atoms with Crippen molar-refractivity contribution in [3.63, 3.8) is 0 Å². The summed E-state index contributed by atoms with van der Waals surface area (Å²) in [6.45, 7) is 3.78. The molecule has 0 saturated heterocycles. The van der Waals surface area contributed by atoms with Crippen LogP contribution in [0, 0.1) is 6.92 Å². The Bertz CT molecular complexity index is 347. The minimum absolute atomic E-state index is 0.0592. The van der Waals surface area contributed by atoms with Gasteiger partial charge in [0, 0.05) is 10.6 Å². The highest BCUT2D eigenvalue weighted by atomic mass is 35.5. The van der Waals surface area contributed by atoms with Gasteiger partial charge < -0.3 is 0 Å². The number of carbonyl (C=O) groups is 1. The highest BCUT2D eigenvalue weighted by Crippen LogP contribution is 2.19. The molecule has 1 unspecified atom stereocenters. The lowest BCUT2D eigenvalue weighted by Gasteiger charge is -2.06. The molecule has 76 valence electrons. The fourth-order valence-corrected chi connectivity index (χ4v) is 1.42. The third-order valence-corrected chi connectivity index (χ3v) is 3.01. The summed E-state index contributed by atoms with van der Waals surface area (Å²) in [4.78, 5) is 11.6. The first kappa shape index (κ1) is 11.5. The molecule has 1 aromatic carbocycles. The fourth-order valence-electron chi connectivity index (χ4n) is 1.11. The van der Waals surface area contributed by atoms with Crippen LogP contribution in [-0.2, 0) is 0 Å². The molecule has 1 atom stereocenters. The molecule has 0 aliphatic carbocycles. The van der Waals surface area contributed by atoms with E-state index >= 15 is 0 Å². The molecular formula is C11H12Cl2O. The molecule has 1 aromatic rings. The van der Waals surface area contributed by atoms with Gasteiger partial charge in [0.15, 0.2) is 5.78 Å². The van der Waals surface area contributed by atoms with Gasteiger partial charge in [0.1, 0.15) is 0 Å². The summed E-state index contributed by atoms with van der Waals surface area (Å²) in [7, 11) is 0. The number of aryl methyl sites for hydroxylation is 1. The van der Waals surface area contributed by atoms with Crippen LogP contribution in [0.2, 0.25) is 5.02 Å². The van der Waals surface area contributed by atoms with E-state index in [-0.39, 0.29) is 5.78 Å². The quantitative estimate of drug-likeness (QED) is 0.570. The molecular weight excluding hydrogens is 219 g/mol. The monoisotopic (exact) mass is 230 g/mol. The average Bonchev–Trinajstić information content (AvgIpc) is 2.20. The number of halogens is 2. The fraction of sp³-hybridized carbons (Fsp3) is 0.364. The van der Waals surface area contributed by atoms with Crippen LogP contribution in [0.25, 0.3) is 0 Å². The maximum absolute atomic E-state index is 11.6. The maximum atomic E-state index is 11.6. The van der Waals surface area contributed by atoms with E-state index in [4.69, 9.17) is 23.2 Å². The number of Topliss-reactive ketones (excluding diaryl/α,β-unsaturated/α-hetero) is 1. The maximum Gasteiger partial charge on any atom is 0.180 e. The van der Waals surface area contributed by atoms with Gasteiger partial charge in [0.2, 0.25) is 0 Å². The van der Waals surface area contributed by atoms with Crippen LogP contribution in [0.4, 0.5) is 0 Å². The number of rotatable bonds is 3. The van der Waals surface area contributed by atoms with Crippen molar-refractivity contribution in [2.75, 3.05) is 0 Å². The van der Waals surface area contributed by atoms with Crippen molar-refractivity contribution in [2.45, 2.75) is 25.6 Å². The molecule has 1 rings (SSSR count). The molecule has 0 heterocycles. The molecule has 3 heteroatoms. The summed E-state index contributed by atoms with van der Waals surface area (Å²) in [5.74, 6) is -0.0592. The van der Waals surface area contributed by atoms with E-state index in [1.165, 1.54) is 0 Å². The number of carbonyl (C=O) groups excluding carboxylic acids is 1. The predicted molar refractivity (Wildman–Crippen MR) is 60.5 cm³/mol. The normalized spacial score (nSPS) is 12.6. The van der Waals surface area contributed by atoms with Gasteiger partial charge in [-0.15, -0.1) is 11.6 Å². The molecule has 0 aromatic heterocycles. The summed E-state index contributed by atoms with van der Waals surface area (Å²) >= 11 is 11.8. The number of hydrogen-bond acceptors (Lipinski definition) is 1. The van der Waals surface area contributed by atoms with Gasteiger partial charge in [-0.1, -0.05) is 30.7 Å². The topological polar surface area (TPSA) is 17.1 Å². The number of benzene rings is 1. The zero-order valence-corrected chi connectivity index (χ0v) is 9.69. The van der Waals surface area contributed by atoms with Crippen LogP contribution < -0.4 is 0 Å². The predicted octanol–water partition coefficient (Wildman–Crippen LogP) is 3.85. The Balaban J connectivity index is 2.97. The Morgan fingerprint density at radius 2 is 2.14 bits per heavy atom. The smallest absolute Gasteiger partial charge is 0.180 e. The number of hydrogen-bond donors (Lipinski definition) is 0. The lowest BCUT2D eigenvalue weighted by molar-refractivity contribution is 0.0985. The summed E-state index contributed by atoms with van der Waals surface area (Å²) < 4.78 is 0. The Hall–Kier alpha value is -0.530. The Kier molecular flexibility index (Phi) is 3.97. The van der Waals surface area contributed by atoms with Gasteiger partial charge in [-0.05, 0) is 25.0 Å². The van der Waals surface area contributed by atoms with Crippen molar-refractivity contribution in [2.24, 2.45) is 0 Å². The van der Waals surface area contributed by atoms with Gasteiger partial charge in [-0.3, -0.25) is 4.79 Å². The van der Waals surface area contributed by atoms with E-state index in [1.54, 1.807) is 12.1 Å². The van der Waals surface area contributed by atoms with E-state index in [9.17, 15) is 4.79 Å². The second kappa shape index (κ2) is 4.81. The van der Waals surface area contributed by atoms with Crippen molar-refractivity contribution in [1.82, 2.24) is 0 Å². The number of ketones is 1. The first-order valence-electron chi connectivity index (χ1n) is 4.50. The minimum atomic E-state index is -0.450. The summed E-state index contributed by atoms with van der Waals surface area (Å²) in [6.07, 6.45) is 0.631. The van der Waals surface area contributed by atoms with E-state index in [0.29, 0.717) is 17.0 Å². The second-order valence-electron chi connectivity index (χ2n) is 3.20. The van der Waals surface area contributed by atoms with Gasteiger partial charge in [-0.2, -0.15) is 0 Å². The van der Waals surface area contributed by atoms with Crippen LogP contribution in [0.1, 0.15) is 29.3 Å². The molecule has 0 radical (unpaired) electrons. The largest absolute Gasteiger partial charge is 0.293 e. The minimum Gasteiger partial charge on any atom is -0.293 e. The van der Waals surface area contributed by atoms with Gasteiger partial charge in [0.25, 0.3) is 0 Å². The number of alkyl halides is 1. The SMILES string of the molecule is CCC(Cl)C(=O)c1ccc(C)c(Cl)c1. The van der Waals surface area contributed by atoms with Gasteiger partial charge in [-0.25, -0.2) is 0 Å². The molecule has 14 heavy (non-hydrogen) atoms. The van der Waals surface area contributed by atoms with Crippen molar-refractivity contribution in [3.8, 4) is 0 Å². The molecule has 0 aliphatic rings. The van der Waals surface area contributed by atoms with Crippen molar-refractivity contribution in [3.05, 3.63) is 34.3 Å². The van der Waals surface area contributed by atoms with E-state index in [2.05, 4.69) is 0 Å². The average molecular weight is 231 g/mol. The molecule has 0 bridgehead atoms. The lowest BCUT2D eigenvalue weighted by atomic mass is 10.1. The third-order valence-electron chi connectivity index (χ3n) is 2.10. The highest BCUT2D eigenvalue weighted by Gasteiger charge is 2.15. The first-order chi connectivity index (χ1) is 6.56. The van der Waals surface area contributed by atoms with Crippen LogP contribution in [0.5, 0.6) is 0 Å². The van der Waals surface area contributed by atoms with Crippen molar-refractivity contribution >= 4 is 29.0 Å². The molecule has 1 nitrogen and oxygen atoms in total. The van der Waals surface area contributed by atoms with Crippen LogP contribution in [-0.4, -0.2) is 11.2 Å². The molecule has 0 saturated carbocycles. The van der Waals surface area contributed by atoms with E-state index in [1.807, 2.05) is 19.9 Å². The van der Waals surface area contributed by atoms with E-state index in [0.717, 1.165) is 5.56 Å². The second-order valence-corrected chi connectivity index (χ2v) is 4.14. The Labute approximate surface area is 94.0 Å². The molecule has 0 aliphatic heterocycles. The Morgan fingerprint density at radius 1 is 1.50 bits per heavy atom. The molecule has 0 fully saturated rings. The Morgan fingerprint density at radius 3 is 2.64 bits per heavy atom. The molecule has 0 N–H and O–H groups in total. The summed E-state index contributed by atoms with van der Waals surface area (Å²) in [6, 6.07) is 5.26. The highest BCUT2D eigenvalue weighted by molar-refractivity contribution is 6.35. The summed E-state index contributed by atoms with van der Waals surface area (Å²) in [5, 5.41) is 0.157. The van der Waals surface area contributed by atoms with Crippen LogP contribution in [0.3, 0.4) is 0 Å². The lowest BCUT2D eigenvalue weighted by Crippen LogP contribution is -2.13. The van der Waals surface area contributed by atoms with Gasteiger partial charge in [0.05, 0.1) is 5.38 Å². The summed E-state index contributed by atoms with van der Waals surface area (Å²) in [5.41, 5.74) is 1.55. The van der Waals surface area contributed by atoms with Crippen LogP contribution >= 0.6 is 23.2 Å².